The van der Waals surface area contributed by atoms with Gasteiger partial charge in [-0.3, -0.25) is 10.1 Å². The smallest absolute Gasteiger partial charge is 0.358 e. The lowest BCUT2D eigenvalue weighted by molar-refractivity contribution is -0.384. The SMILES string of the molecule is CCOC(=O)c1cc(CCC(C)C)n(-c2ccc(C(=O)Oc3ccc([N+](=O)[O-])cc3)cc2)n1. The fraction of sp³-hybridized carbons (Fsp3) is 0.292. The van der Waals surface area contributed by atoms with Gasteiger partial charge in [-0.05, 0) is 68.1 Å². The van der Waals surface area contributed by atoms with Crippen molar-refractivity contribution >= 4 is 17.6 Å². The molecule has 9 nitrogen and oxygen atoms in total. The number of non-ortho nitro benzene ring substituents is 1. The number of carbonyl (C=O) groups excluding carboxylic acids is 2. The first kappa shape index (κ1) is 23.6. The second kappa shape index (κ2) is 10.5. The van der Waals surface area contributed by atoms with Crippen LogP contribution in [0.25, 0.3) is 5.69 Å². The molecule has 3 rings (SSSR count). The van der Waals surface area contributed by atoms with Crippen molar-refractivity contribution in [1.82, 2.24) is 9.78 Å². The molecule has 0 aliphatic carbocycles. The van der Waals surface area contributed by atoms with E-state index in [1.165, 1.54) is 24.3 Å². The molecule has 1 aromatic heterocycles. The van der Waals surface area contributed by atoms with Gasteiger partial charge in [-0.2, -0.15) is 5.10 Å². The summed E-state index contributed by atoms with van der Waals surface area (Å²) in [5, 5.41) is 15.2. The molecule has 0 saturated heterocycles. The summed E-state index contributed by atoms with van der Waals surface area (Å²) in [6.45, 7) is 6.25. The highest BCUT2D eigenvalue weighted by Gasteiger charge is 2.17. The number of nitro groups is 1. The third-order valence-electron chi connectivity index (χ3n) is 4.85. The van der Waals surface area contributed by atoms with E-state index in [0.717, 1.165) is 18.5 Å². The van der Waals surface area contributed by atoms with Crippen molar-refractivity contribution in [1.29, 1.82) is 0 Å². The summed E-state index contributed by atoms with van der Waals surface area (Å²) < 4.78 is 12.0. The van der Waals surface area contributed by atoms with E-state index in [9.17, 15) is 19.7 Å². The second-order valence-electron chi connectivity index (χ2n) is 7.77. The van der Waals surface area contributed by atoms with Gasteiger partial charge in [-0.1, -0.05) is 13.8 Å². The fourth-order valence-corrected chi connectivity index (χ4v) is 3.10. The second-order valence-corrected chi connectivity index (χ2v) is 7.77. The van der Waals surface area contributed by atoms with Crippen molar-refractivity contribution in [2.75, 3.05) is 6.61 Å². The molecule has 172 valence electrons. The zero-order valence-electron chi connectivity index (χ0n) is 18.7. The van der Waals surface area contributed by atoms with E-state index in [1.54, 1.807) is 41.9 Å². The molecular weight excluding hydrogens is 426 g/mol. The molecule has 0 saturated carbocycles. The van der Waals surface area contributed by atoms with Crippen LogP contribution in [0.2, 0.25) is 0 Å². The lowest BCUT2D eigenvalue weighted by atomic mass is 10.1. The minimum atomic E-state index is -0.594. The van der Waals surface area contributed by atoms with Crippen LogP contribution in [0.3, 0.4) is 0 Å². The topological polar surface area (TPSA) is 114 Å². The predicted molar refractivity (Wildman–Crippen MR) is 121 cm³/mol. The van der Waals surface area contributed by atoms with Crippen LogP contribution < -0.4 is 4.74 Å². The number of nitro benzene ring substituents is 1. The van der Waals surface area contributed by atoms with E-state index < -0.39 is 16.9 Å². The molecule has 0 N–H and O–H groups in total. The number of hydrogen-bond donors (Lipinski definition) is 0. The molecule has 0 amide bonds. The van der Waals surface area contributed by atoms with E-state index >= 15 is 0 Å². The number of aromatic nitrogens is 2. The lowest BCUT2D eigenvalue weighted by Crippen LogP contribution is -2.10. The first-order chi connectivity index (χ1) is 15.8. The number of ether oxygens (including phenoxy) is 2. The molecule has 3 aromatic rings. The van der Waals surface area contributed by atoms with Gasteiger partial charge in [-0.15, -0.1) is 0 Å². The fourth-order valence-electron chi connectivity index (χ4n) is 3.10. The molecule has 9 heteroatoms. The van der Waals surface area contributed by atoms with Crippen molar-refractivity contribution in [3.8, 4) is 11.4 Å². The van der Waals surface area contributed by atoms with E-state index in [2.05, 4.69) is 18.9 Å². The highest BCUT2D eigenvalue weighted by Crippen LogP contribution is 2.20. The zero-order chi connectivity index (χ0) is 24.0. The van der Waals surface area contributed by atoms with Gasteiger partial charge in [0.2, 0.25) is 0 Å². The first-order valence-corrected chi connectivity index (χ1v) is 10.6. The van der Waals surface area contributed by atoms with Gasteiger partial charge in [0.25, 0.3) is 5.69 Å². The number of hydrogen-bond acceptors (Lipinski definition) is 7. The molecule has 0 radical (unpaired) electrons. The summed E-state index contributed by atoms with van der Waals surface area (Å²) in [5.41, 5.74) is 2.01. The van der Waals surface area contributed by atoms with Crippen LogP contribution in [-0.4, -0.2) is 33.2 Å². The number of carbonyl (C=O) groups is 2. The Morgan fingerprint density at radius 1 is 1.06 bits per heavy atom. The van der Waals surface area contributed by atoms with Crippen LogP contribution in [0, 0.1) is 16.0 Å². The molecule has 0 aliphatic rings. The monoisotopic (exact) mass is 451 g/mol. The van der Waals surface area contributed by atoms with Crippen LogP contribution in [0.15, 0.2) is 54.6 Å². The highest BCUT2D eigenvalue weighted by molar-refractivity contribution is 5.91. The highest BCUT2D eigenvalue weighted by atomic mass is 16.6. The van der Waals surface area contributed by atoms with E-state index in [0.29, 0.717) is 17.2 Å². The van der Waals surface area contributed by atoms with Crippen LogP contribution in [0.5, 0.6) is 5.75 Å². The number of esters is 2. The molecule has 0 spiro atoms. The summed E-state index contributed by atoms with van der Waals surface area (Å²) >= 11 is 0. The quantitative estimate of drug-likeness (QED) is 0.199. The molecule has 0 fully saturated rings. The van der Waals surface area contributed by atoms with Crippen molar-refractivity contribution in [3.63, 3.8) is 0 Å². The number of aryl methyl sites for hydroxylation is 1. The Balaban J connectivity index is 1.79. The standard InChI is InChI=1S/C24H25N3O6/c1-4-32-24(29)22-15-20(8-5-16(2)3)26(25-22)18-9-6-17(7-10-18)23(28)33-21-13-11-19(12-14-21)27(30)31/h6-7,9-16H,4-5,8H2,1-3H3. The summed E-state index contributed by atoms with van der Waals surface area (Å²) in [7, 11) is 0. The van der Waals surface area contributed by atoms with Gasteiger partial charge < -0.3 is 9.47 Å². The van der Waals surface area contributed by atoms with Crippen molar-refractivity contribution in [2.24, 2.45) is 5.92 Å². The maximum atomic E-state index is 12.5. The molecule has 0 atom stereocenters. The summed E-state index contributed by atoms with van der Waals surface area (Å²) in [6.07, 6.45) is 1.65. The average molecular weight is 451 g/mol. The Labute approximate surface area is 191 Å². The van der Waals surface area contributed by atoms with Crippen LogP contribution in [0.1, 0.15) is 53.7 Å². The van der Waals surface area contributed by atoms with Gasteiger partial charge in [0.05, 0.1) is 22.8 Å². The Morgan fingerprint density at radius 3 is 2.30 bits per heavy atom. The van der Waals surface area contributed by atoms with Gasteiger partial charge in [0, 0.05) is 17.8 Å². The molecule has 33 heavy (non-hydrogen) atoms. The van der Waals surface area contributed by atoms with Crippen molar-refractivity contribution < 1.29 is 24.0 Å². The van der Waals surface area contributed by atoms with Gasteiger partial charge in [0.1, 0.15) is 5.75 Å². The van der Waals surface area contributed by atoms with Crippen LogP contribution in [-0.2, 0) is 11.2 Å². The van der Waals surface area contributed by atoms with Crippen LogP contribution >= 0.6 is 0 Å². The van der Waals surface area contributed by atoms with Gasteiger partial charge in [0.15, 0.2) is 5.69 Å². The summed E-state index contributed by atoms with van der Waals surface area (Å²) in [5.74, 6) is -0.388. The predicted octanol–water partition coefficient (Wildman–Crippen LogP) is 4.77. The number of rotatable bonds is 9. The average Bonchev–Trinajstić information content (AvgIpc) is 3.23. The first-order valence-electron chi connectivity index (χ1n) is 10.6. The van der Waals surface area contributed by atoms with E-state index in [4.69, 9.17) is 9.47 Å². The maximum absolute atomic E-state index is 12.5. The van der Waals surface area contributed by atoms with Gasteiger partial charge in [-0.25, -0.2) is 14.3 Å². The normalized spacial score (nSPS) is 10.8. The third kappa shape index (κ3) is 6.03. The largest absolute Gasteiger partial charge is 0.461 e. The maximum Gasteiger partial charge on any atom is 0.358 e. The zero-order valence-corrected chi connectivity index (χ0v) is 18.7. The Bertz CT molecular complexity index is 1130. The Morgan fingerprint density at radius 2 is 1.73 bits per heavy atom. The Hall–Kier alpha value is -4.01. The van der Waals surface area contributed by atoms with Crippen molar-refractivity contribution in [3.05, 3.63) is 81.7 Å². The number of nitrogens with zero attached hydrogens (tertiary/aromatic N) is 3. The minimum Gasteiger partial charge on any atom is -0.461 e. The lowest BCUT2D eigenvalue weighted by Gasteiger charge is -2.10. The molecule has 0 bridgehead atoms. The van der Waals surface area contributed by atoms with E-state index in [-0.39, 0.29) is 23.7 Å². The van der Waals surface area contributed by atoms with Gasteiger partial charge >= 0.3 is 11.9 Å². The molecular formula is C24H25N3O6. The van der Waals surface area contributed by atoms with E-state index in [1.807, 2.05) is 0 Å². The Kier molecular flexibility index (Phi) is 7.55. The minimum absolute atomic E-state index is 0.0890. The molecule has 0 unspecified atom stereocenters. The van der Waals surface area contributed by atoms with Crippen LogP contribution in [0.4, 0.5) is 5.69 Å². The summed E-state index contributed by atoms with van der Waals surface area (Å²) in [4.78, 5) is 34.8. The third-order valence-corrected chi connectivity index (χ3v) is 4.85. The molecule has 1 heterocycles. The number of benzene rings is 2. The summed E-state index contributed by atoms with van der Waals surface area (Å²) in [6, 6.07) is 13.6. The van der Waals surface area contributed by atoms with Crippen molar-refractivity contribution in [2.45, 2.75) is 33.6 Å². The molecule has 2 aromatic carbocycles. The molecule has 0 aliphatic heterocycles.